The van der Waals surface area contributed by atoms with Gasteiger partial charge in [0.05, 0.1) is 22.7 Å². The van der Waals surface area contributed by atoms with Crippen LogP contribution in [0.2, 0.25) is 0 Å². The Kier molecular flexibility index (Phi) is 4.46. The van der Waals surface area contributed by atoms with Crippen LogP contribution in [0.4, 0.5) is 11.4 Å². The minimum absolute atomic E-state index is 0.0686. The second kappa shape index (κ2) is 6.10. The van der Waals surface area contributed by atoms with Gasteiger partial charge in [0.15, 0.2) is 0 Å². The van der Waals surface area contributed by atoms with E-state index in [1.807, 2.05) is 6.07 Å². The van der Waals surface area contributed by atoms with Crippen LogP contribution in [0.1, 0.15) is 10.4 Å². The first-order chi connectivity index (χ1) is 9.53. The van der Waals surface area contributed by atoms with Crippen molar-refractivity contribution in [3.63, 3.8) is 0 Å². The van der Waals surface area contributed by atoms with Gasteiger partial charge < -0.3 is 16.0 Å². The van der Waals surface area contributed by atoms with E-state index in [0.29, 0.717) is 5.56 Å². The number of carbonyl (C=O) groups excluding carboxylic acids is 1. The van der Waals surface area contributed by atoms with E-state index < -0.39 is 10.0 Å². The molecule has 1 aliphatic rings. The Labute approximate surface area is 118 Å². The SMILES string of the molecule is CNS(=O)(=O)CCNC(=O)c1cccc2c1NCCN2. The third-order valence-electron chi connectivity index (χ3n) is 3.02. The predicted molar refractivity (Wildman–Crippen MR) is 78.6 cm³/mol. The molecular weight excluding hydrogens is 280 g/mol. The van der Waals surface area contributed by atoms with Crippen molar-refractivity contribution in [2.75, 3.05) is 43.1 Å². The molecule has 0 fully saturated rings. The number of benzene rings is 1. The summed E-state index contributed by atoms with van der Waals surface area (Å²) in [5.41, 5.74) is 2.15. The molecule has 7 nitrogen and oxygen atoms in total. The molecule has 0 aromatic heterocycles. The van der Waals surface area contributed by atoms with Crippen molar-refractivity contribution in [1.82, 2.24) is 10.0 Å². The Morgan fingerprint density at radius 1 is 1.30 bits per heavy atom. The van der Waals surface area contributed by atoms with Crippen LogP contribution in [0, 0.1) is 0 Å². The summed E-state index contributed by atoms with van der Waals surface area (Å²) in [4.78, 5) is 12.1. The number of hydrogen-bond acceptors (Lipinski definition) is 5. The van der Waals surface area contributed by atoms with Crippen molar-refractivity contribution in [3.05, 3.63) is 23.8 Å². The van der Waals surface area contributed by atoms with Crippen LogP contribution in [-0.2, 0) is 10.0 Å². The third-order valence-corrected chi connectivity index (χ3v) is 4.38. The maximum absolute atomic E-state index is 12.1. The lowest BCUT2D eigenvalue weighted by Gasteiger charge is -2.22. The van der Waals surface area contributed by atoms with Crippen molar-refractivity contribution in [2.24, 2.45) is 0 Å². The summed E-state index contributed by atoms with van der Waals surface area (Å²) in [5.74, 6) is -0.431. The number of amides is 1. The molecule has 0 atom stereocenters. The van der Waals surface area contributed by atoms with Crippen LogP contribution in [0.5, 0.6) is 0 Å². The van der Waals surface area contributed by atoms with Crippen LogP contribution >= 0.6 is 0 Å². The minimum atomic E-state index is -3.31. The Balaban J connectivity index is 2.03. The van der Waals surface area contributed by atoms with Crippen LogP contribution in [0.25, 0.3) is 0 Å². The molecule has 1 aromatic carbocycles. The Morgan fingerprint density at radius 3 is 2.80 bits per heavy atom. The second-order valence-electron chi connectivity index (χ2n) is 4.36. The highest BCUT2D eigenvalue weighted by Gasteiger charge is 2.17. The highest BCUT2D eigenvalue weighted by atomic mass is 32.2. The second-order valence-corrected chi connectivity index (χ2v) is 6.41. The molecule has 0 bridgehead atoms. The standard InChI is InChI=1S/C12H18N4O3S/c1-13-20(18,19)8-7-16-12(17)9-3-2-4-10-11(9)15-6-5-14-10/h2-4,13-15H,5-8H2,1H3,(H,16,17). The predicted octanol–water partition coefficient (Wildman–Crippen LogP) is -0.197. The van der Waals surface area contributed by atoms with Gasteiger partial charge in [0.1, 0.15) is 0 Å². The van der Waals surface area contributed by atoms with Gasteiger partial charge in [-0.1, -0.05) is 6.07 Å². The van der Waals surface area contributed by atoms with Gasteiger partial charge >= 0.3 is 0 Å². The number of rotatable bonds is 5. The fourth-order valence-electron chi connectivity index (χ4n) is 1.96. The summed E-state index contributed by atoms with van der Waals surface area (Å²) in [7, 11) is -1.96. The molecule has 1 aliphatic heterocycles. The van der Waals surface area contributed by atoms with E-state index in [0.717, 1.165) is 24.5 Å². The molecule has 4 N–H and O–H groups in total. The first kappa shape index (κ1) is 14.6. The van der Waals surface area contributed by atoms with Gasteiger partial charge in [0.2, 0.25) is 10.0 Å². The van der Waals surface area contributed by atoms with Crippen LogP contribution in [0.15, 0.2) is 18.2 Å². The summed E-state index contributed by atoms with van der Waals surface area (Å²) in [6, 6.07) is 5.39. The molecule has 1 aromatic rings. The zero-order valence-corrected chi connectivity index (χ0v) is 12.0. The Bertz CT molecular complexity index is 601. The van der Waals surface area contributed by atoms with Crippen molar-refractivity contribution in [1.29, 1.82) is 0 Å². The molecule has 0 spiro atoms. The minimum Gasteiger partial charge on any atom is -0.382 e. The zero-order chi connectivity index (χ0) is 14.6. The van der Waals surface area contributed by atoms with Crippen LogP contribution < -0.4 is 20.7 Å². The number of sulfonamides is 1. The summed E-state index contributed by atoms with van der Waals surface area (Å²) >= 11 is 0. The van der Waals surface area contributed by atoms with E-state index in [4.69, 9.17) is 0 Å². The highest BCUT2D eigenvalue weighted by Crippen LogP contribution is 2.28. The first-order valence-electron chi connectivity index (χ1n) is 6.33. The van der Waals surface area contributed by atoms with Gasteiger partial charge in [-0.15, -0.1) is 0 Å². The number of hydrogen-bond donors (Lipinski definition) is 4. The molecule has 0 saturated carbocycles. The monoisotopic (exact) mass is 298 g/mol. The van der Waals surface area contributed by atoms with E-state index in [1.54, 1.807) is 12.1 Å². The molecule has 2 rings (SSSR count). The molecule has 20 heavy (non-hydrogen) atoms. The van der Waals surface area contributed by atoms with Gasteiger partial charge in [0, 0.05) is 19.6 Å². The number of nitrogens with one attached hydrogen (secondary N) is 4. The molecule has 8 heteroatoms. The fourth-order valence-corrected chi connectivity index (χ4v) is 2.54. The maximum Gasteiger partial charge on any atom is 0.253 e. The van der Waals surface area contributed by atoms with E-state index in [9.17, 15) is 13.2 Å². The molecule has 110 valence electrons. The van der Waals surface area contributed by atoms with E-state index in [-0.39, 0.29) is 18.2 Å². The normalized spacial score (nSPS) is 13.8. The lowest BCUT2D eigenvalue weighted by atomic mass is 10.1. The van der Waals surface area contributed by atoms with Crippen LogP contribution in [0.3, 0.4) is 0 Å². The van der Waals surface area contributed by atoms with Crippen molar-refractivity contribution >= 4 is 27.3 Å². The van der Waals surface area contributed by atoms with Gasteiger partial charge in [-0.25, -0.2) is 13.1 Å². The number of anilines is 2. The quantitative estimate of drug-likeness (QED) is 0.603. The number of para-hydroxylation sites is 1. The average molecular weight is 298 g/mol. The average Bonchev–Trinajstić information content (AvgIpc) is 2.46. The van der Waals surface area contributed by atoms with Crippen LogP contribution in [-0.4, -0.2) is 46.8 Å². The highest BCUT2D eigenvalue weighted by molar-refractivity contribution is 7.89. The molecule has 0 aliphatic carbocycles. The first-order valence-corrected chi connectivity index (χ1v) is 7.99. The van der Waals surface area contributed by atoms with Gasteiger partial charge in [-0.3, -0.25) is 4.79 Å². The molecule has 1 heterocycles. The zero-order valence-electron chi connectivity index (χ0n) is 11.2. The summed E-state index contributed by atoms with van der Waals surface area (Å²) in [5, 5.41) is 8.99. The van der Waals surface area contributed by atoms with E-state index >= 15 is 0 Å². The number of fused-ring (bicyclic) bond motifs is 1. The smallest absolute Gasteiger partial charge is 0.253 e. The molecule has 0 unspecified atom stereocenters. The third kappa shape index (κ3) is 3.40. The van der Waals surface area contributed by atoms with Crippen molar-refractivity contribution in [3.8, 4) is 0 Å². The largest absolute Gasteiger partial charge is 0.382 e. The molecule has 0 saturated heterocycles. The summed E-state index contributed by atoms with van der Waals surface area (Å²) < 4.78 is 24.7. The topological polar surface area (TPSA) is 99.3 Å². The lowest BCUT2D eigenvalue weighted by molar-refractivity contribution is 0.0957. The Morgan fingerprint density at radius 2 is 2.05 bits per heavy atom. The van der Waals surface area contributed by atoms with E-state index in [1.165, 1.54) is 7.05 Å². The van der Waals surface area contributed by atoms with Gasteiger partial charge in [-0.2, -0.15) is 0 Å². The maximum atomic E-state index is 12.1. The van der Waals surface area contributed by atoms with Gasteiger partial charge in [0.25, 0.3) is 5.91 Å². The molecule has 0 radical (unpaired) electrons. The summed E-state index contributed by atoms with van der Waals surface area (Å²) in [6.07, 6.45) is 0. The molecular formula is C12H18N4O3S. The fraction of sp³-hybridized carbons (Fsp3) is 0.417. The van der Waals surface area contributed by atoms with Crippen molar-refractivity contribution in [2.45, 2.75) is 0 Å². The lowest BCUT2D eigenvalue weighted by Crippen LogP contribution is -2.33. The molecule has 1 amide bonds. The van der Waals surface area contributed by atoms with Crippen molar-refractivity contribution < 1.29 is 13.2 Å². The van der Waals surface area contributed by atoms with E-state index in [2.05, 4.69) is 20.7 Å². The Hall–Kier alpha value is -1.80. The summed E-state index contributed by atoms with van der Waals surface area (Å²) in [6.45, 7) is 1.61. The van der Waals surface area contributed by atoms with Gasteiger partial charge in [-0.05, 0) is 19.2 Å². The number of carbonyl (C=O) groups is 1.